The Kier molecular flexibility index (Phi) is 5.61. The monoisotopic (exact) mass is 382 g/mol. The van der Waals surface area contributed by atoms with Gasteiger partial charge in [-0.3, -0.25) is 4.79 Å². The molecule has 0 bridgehead atoms. The maximum Gasteiger partial charge on any atom is 0.341 e. The minimum atomic E-state index is -1.03. The Balaban J connectivity index is 1.74. The molecule has 7 heteroatoms. The first-order valence-corrected chi connectivity index (χ1v) is 9.04. The molecule has 2 aromatic rings. The highest BCUT2D eigenvalue weighted by Gasteiger charge is 2.24. The van der Waals surface area contributed by atoms with E-state index in [-0.39, 0.29) is 5.91 Å². The standard InChI is InChI=1S/C20H18N2O4S/c1-12-3-4-13(2)16(9-12)21-20-22-19(25)17(27-20)10-14-5-7-15(8-6-14)26-11-18(23)24/h3-10H,11H2,1-2H3,(H,23,24)(H,21,22,25)/b17-10+. The maximum absolute atomic E-state index is 12.2. The van der Waals surface area contributed by atoms with Crippen molar-refractivity contribution in [2.45, 2.75) is 13.8 Å². The Morgan fingerprint density at radius 3 is 2.67 bits per heavy atom. The number of aliphatic imine (C=N–C) groups is 1. The van der Waals surface area contributed by atoms with Crippen molar-refractivity contribution < 1.29 is 19.4 Å². The van der Waals surface area contributed by atoms with Crippen LogP contribution in [0.15, 0.2) is 52.4 Å². The summed E-state index contributed by atoms with van der Waals surface area (Å²) in [7, 11) is 0. The SMILES string of the molecule is Cc1ccc(C)c(N=C2NC(=O)/C(=C\c3ccc(OCC(=O)O)cc3)S2)c1. The van der Waals surface area contributed by atoms with Crippen molar-refractivity contribution >= 4 is 40.6 Å². The smallest absolute Gasteiger partial charge is 0.341 e. The number of thioether (sulfide) groups is 1. The van der Waals surface area contributed by atoms with Crippen LogP contribution in [-0.4, -0.2) is 28.8 Å². The first-order chi connectivity index (χ1) is 12.9. The third kappa shape index (κ3) is 4.98. The molecule has 27 heavy (non-hydrogen) atoms. The predicted molar refractivity (Wildman–Crippen MR) is 106 cm³/mol. The Hall–Kier alpha value is -3.06. The van der Waals surface area contributed by atoms with Gasteiger partial charge in [-0.15, -0.1) is 0 Å². The highest BCUT2D eigenvalue weighted by atomic mass is 32.2. The Morgan fingerprint density at radius 1 is 1.22 bits per heavy atom. The lowest BCUT2D eigenvalue weighted by molar-refractivity contribution is -0.139. The van der Waals surface area contributed by atoms with Gasteiger partial charge in [0.1, 0.15) is 5.75 Å². The Bertz CT molecular complexity index is 949. The van der Waals surface area contributed by atoms with Gasteiger partial charge in [-0.2, -0.15) is 0 Å². The molecular formula is C20H18N2O4S. The minimum Gasteiger partial charge on any atom is -0.482 e. The van der Waals surface area contributed by atoms with Gasteiger partial charge in [-0.25, -0.2) is 9.79 Å². The summed E-state index contributed by atoms with van der Waals surface area (Å²) >= 11 is 1.28. The number of hydrogen-bond acceptors (Lipinski definition) is 5. The molecule has 3 rings (SSSR count). The number of amides is 1. The van der Waals surface area contributed by atoms with Crippen molar-refractivity contribution in [3.63, 3.8) is 0 Å². The molecule has 0 unspecified atom stereocenters. The second-order valence-corrected chi connectivity index (χ2v) is 7.05. The van der Waals surface area contributed by atoms with E-state index >= 15 is 0 Å². The predicted octanol–water partition coefficient (Wildman–Crippen LogP) is 3.66. The van der Waals surface area contributed by atoms with Gasteiger partial charge < -0.3 is 15.2 Å². The number of carboxylic acids is 1. The normalized spacial score (nSPS) is 16.6. The van der Waals surface area contributed by atoms with E-state index in [4.69, 9.17) is 9.84 Å². The van der Waals surface area contributed by atoms with E-state index in [0.717, 1.165) is 22.4 Å². The van der Waals surface area contributed by atoms with E-state index in [0.29, 0.717) is 15.8 Å². The lowest BCUT2D eigenvalue weighted by Gasteiger charge is -2.03. The van der Waals surface area contributed by atoms with Gasteiger partial charge >= 0.3 is 5.97 Å². The van der Waals surface area contributed by atoms with E-state index < -0.39 is 12.6 Å². The summed E-state index contributed by atoms with van der Waals surface area (Å²) in [4.78, 5) is 27.8. The van der Waals surface area contributed by atoms with Crippen molar-refractivity contribution in [3.8, 4) is 5.75 Å². The molecular weight excluding hydrogens is 364 g/mol. The second-order valence-electron chi connectivity index (χ2n) is 6.02. The largest absolute Gasteiger partial charge is 0.482 e. The number of carboxylic acid groups (broad SMARTS) is 1. The van der Waals surface area contributed by atoms with Crippen molar-refractivity contribution in [3.05, 3.63) is 64.1 Å². The first kappa shape index (κ1) is 18.7. The summed E-state index contributed by atoms with van der Waals surface area (Å²) in [6, 6.07) is 12.9. The third-order valence-electron chi connectivity index (χ3n) is 3.78. The van der Waals surface area contributed by atoms with E-state index in [2.05, 4.69) is 10.3 Å². The maximum atomic E-state index is 12.2. The van der Waals surface area contributed by atoms with E-state index in [1.165, 1.54) is 11.8 Å². The first-order valence-electron chi connectivity index (χ1n) is 8.22. The number of amidine groups is 1. The highest BCUT2D eigenvalue weighted by molar-refractivity contribution is 8.18. The molecule has 1 heterocycles. The number of aliphatic carboxylic acids is 1. The van der Waals surface area contributed by atoms with Gasteiger partial charge in [-0.1, -0.05) is 24.3 Å². The molecule has 6 nitrogen and oxygen atoms in total. The molecule has 138 valence electrons. The summed E-state index contributed by atoms with van der Waals surface area (Å²) in [5.41, 5.74) is 3.79. The fourth-order valence-corrected chi connectivity index (χ4v) is 3.22. The lowest BCUT2D eigenvalue weighted by atomic mass is 10.1. The topological polar surface area (TPSA) is 88.0 Å². The number of benzene rings is 2. The van der Waals surface area contributed by atoms with Gasteiger partial charge in [0.05, 0.1) is 10.6 Å². The number of aryl methyl sites for hydroxylation is 2. The van der Waals surface area contributed by atoms with Gasteiger partial charge in [0.2, 0.25) is 0 Å². The van der Waals surface area contributed by atoms with E-state index in [1.54, 1.807) is 30.3 Å². The number of carbonyl (C=O) groups excluding carboxylic acids is 1. The molecule has 1 saturated heterocycles. The lowest BCUT2D eigenvalue weighted by Crippen LogP contribution is -2.19. The molecule has 1 amide bonds. The van der Waals surface area contributed by atoms with Crippen LogP contribution in [0.4, 0.5) is 5.69 Å². The summed E-state index contributed by atoms with van der Waals surface area (Å²) in [6.45, 7) is 3.58. The summed E-state index contributed by atoms with van der Waals surface area (Å²) in [5, 5.41) is 11.9. The van der Waals surface area contributed by atoms with Crippen LogP contribution in [0.3, 0.4) is 0 Å². The van der Waals surface area contributed by atoms with Gasteiger partial charge in [-0.05, 0) is 66.6 Å². The minimum absolute atomic E-state index is 0.199. The zero-order valence-corrected chi connectivity index (χ0v) is 15.7. The molecule has 2 N–H and O–H groups in total. The van der Waals surface area contributed by atoms with E-state index in [9.17, 15) is 9.59 Å². The van der Waals surface area contributed by atoms with Crippen LogP contribution >= 0.6 is 11.8 Å². The van der Waals surface area contributed by atoms with Crippen molar-refractivity contribution in [1.82, 2.24) is 5.32 Å². The Morgan fingerprint density at radius 2 is 1.96 bits per heavy atom. The molecule has 0 saturated carbocycles. The fraction of sp³-hybridized carbons (Fsp3) is 0.150. The summed E-state index contributed by atoms with van der Waals surface area (Å²) in [5.74, 6) is -0.772. The van der Waals surface area contributed by atoms with Gasteiger partial charge in [0.15, 0.2) is 11.8 Å². The molecule has 0 spiro atoms. The highest BCUT2D eigenvalue weighted by Crippen LogP contribution is 2.29. The number of hydrogen-bond donors (Lipinski definition) is 2. The third-order valence-corrected chi connectivity index (χ3v) is 4.69. The number of carbonyl (C=O) groups is 2. The average Bonchev–Trinajstić information content (AvgIpc) is 2.96. The molecule has 0 radical (unpaired) electrons. The van der Waals surface area contributed by atoms with Crippen LogP contribution in [-0.2, 0) is 9.59 Å². The summed E-state index contributed by atoms with van der Waals surface area (Å²) < 4.78 is 5.09. The van der Waals surface area contributed by atoms with Gasteiger partial charge in [0, 0.05) is 0 Å². The van der Waals surface area contributed by atoms with Crippen LogP contribution in [0.1, 0.15) is 16.7 Å². The average molecular weight is 382 g/mol. The van der Waals surface area contributed by atoms with Crippen molar-refractivity contribution in [1.29, 1.82) is 0 Å². The molecule has 1 aliphatic rings. The van der Waals surface area contributed by atoms with Crippen LogP contribution in [0, 0.1) is 13.8 Å². The molecule has 0 atom stereocenters. The zero-order valence-electron chi connectivity index (χ0n) is 14.9. The molecule has 1 fully saturated rings. The van der Waals surface area contributed by atoms with Crippen LogP contribution in [0.25, 0.3) is 6.08 Å². The molecule has 0 aliphatic carbocycles. The molecule has 0 aromatic heterocycles. The van der Waals surface area contributed by atoms with E-state index in [1.807, 2.05) is 32.0 Å². The molecule has 1 aliphatic heterocycles. The van der Waals surface area contributed by atoms with Gasteiger partial charge in [0.25, 0.3) is 5.91 Å². The van der Waals surface area contributed by atoms with Crippen molar-refractivity contribution in [2.24, 2.45) is 4.99 Å². The van der Waals surface area contributed by atoms with Crippen LogP contribution in [0.5, 0.6) is 5.75 Å². The number of nitrogens with zero attached hydrogens (tertiary/aromatic N) is 1. The van der Waals surface area contributed by atoms with Crippen LogP contribution in [0.2, 0.25) is 0 Å². The Labute approximate surface area is 161 Å². The zero-order chi connectivity index (χ0) is 19.4. The summed E-state index contributed by atoms with van der Waals surface area (Å²) in [6.07, 6.45) is 1.76. The van der Waals surface area contributed by atoms with Crippen molar-refractivity contribution in [2.75, 3.05) is 6.61 Å². The number of ether oxygens (including phenoxy) is 1. The fourth-order valence-electron chi connectivity index (χ4n) is 2.39. The van der Waals surface area contributed by atoms with Crippen LogP contribution < -0.4 is 10.1 Å². The second kappa shape index (κ2) is 8.09. The molecule has 2 aromatic carbocycles. The quantitative estimate of drug-likeness (QED) is 0.771. The number of nitrogens with one attached hydrogen (secondary N) is 1. The number of rotatable bonds is 5.